The minimum Gasteiger partial charge on any atom is -0.481 e. The summed E-state index contributed by atoms with van der Waals surface area (Å²) in [6.45, 7) is 4.62. The first-order valence-electron chi connectivity index (χ1n) is 6.71. The van der Waals surface area contributed by atoms with Gasteiger partial charge in [-0.15, -0.1) is 0 Å². The van der Waals surface area contributed by atoms with Crippen LogP contribution >= 0.6 is 0 Å². The Hall–Kier alpha value is -2.56. The van der Waals surface area contributed by atoms with Crippen LogP contribution in [0.4, 0.5) is 5.69 Å². The van der Waals surface area contributed by atoms with Crippen molar-refractivity contribution in [2.45, 2.75) is 20.4 Å². The van der Waals surface area contributed by atoms with Crippen LogP contribution in [0.25, 0.3) is 0 Å². The third kappa shape index (κ3) is 4.21. The number of methoxy groups -OCH3 is 1. The Morgan fingerprint density at radius 3 is 2.67 bits per heavy atom. The number of anilines is 1. The largest absolute Gasteiger partial charge is 0.481 e. The summed E-state index contributed by atoms with van der Waals surface area (Å²) in [6.07, 6.45) is 1.73. The van der Waals surface area contributed by atoms with Crippen LogP contribution in [0.15, 0.2) is 41.5 Å². The number of guanidine groups is 1. The van der Waals surface area contributed by atoms with E-state index in [0.29, 0.717) is 18.4 Å². The zero-order valence-corrected chi connectivity index (χ0v) is 12.6. The summed E-state index contributed by atoms with van der Waals surface area (Å²) < 4.78 is 5.01. The summed E-state index contributed by atoms with van der Waals surface area (Å²) in [4.78, 5) is 8.43. The highest BCUT2D eigenvalue weighted by atomic mass is 16.5. The molecule has 1 aromatic heterocycles. The van der Waals surface area contributed by atoms with Crippen molar-refractivity contribution in [1.29, 1.82) is 0 Å². The number of nitrogens with one attached hydrogen (secondary N) is 1. The SMILES string of the molecule is COc1ccc(CN=C(N)Nc2ccc(C)c(C)c2)cn1. The Morgan fingerprint density at radius 1 is 1.24 bits per heavy atom. The number of aliphatic imine (C=N–C) groups is 1. The molecule has 0 saturated heterocycles. The maximum absolute atomic E-state index is 5.89. The van der Waals surface area contributed by atoms with Crippen LogP contribution in [0.1, 0.15) is 16.7 Å². The summed E-state index contributed by atoms with van der Waals surface area (Å²) in [6, 6.07) is 9.81. The number of nitrogens with zero attached hydrogens (tertiary/aromatic N) is 2. The fraction of sp³-hybridized carbons (Fsp3) is 0.250. The molecule has 0 aliphatic carbocycles. The molecule has 3 N–H and O–H groups in total. The van der Waals surface area contributed by atoms with Crippen molar-refractivity contribution in [1.82, 2.24) is 4.98 Å². The molecule has 5 heteroatoms. The first-order chi connectivity index (χ1) is 10.1. The number of ether oxygens (including phenoxy) is 1. The molecule has 1 heterocycles. The van der Waals surface area contributed by atoms with E-state index in [1.165, 1.54) is 11.1 Å². The maximum Gasteiger partial charge on any atom is 0.212 e. The van der Waals surface area contributed by atoms with Crippen molar-refractivity contribution in [2.24, 2.45) is 10.7 Å². The van der Waals surface area contributed by atoms with E-state index in [1.807, 2.05) is 18.2 Å². The standard InChI is InChI=1S/C16H20N4O/c1-11-4-6-14(8-12(11)2)20-16(17)19-10-13-5-7-15(21-3)18-9-13/h4-9H,10H2,1-3H3,(H3,17,19,20). The quantitative estimate of drug-likeness (QED) is 0.668. The molecule has 2 aromatic rings. The van der Waals surface area contributed by atoms with Gasteiger partial charge < -0.3 is 15.8 Å². The molecule has 0 amide bonds. The number of rotatable bonds is 4. The average Bonchev–Trinajstić information content (AvgIpc) is 2.49. The molecule has 21 heavy (non-hydrogen) atoms. The lowest BCUT2D eigenvalue weighted by Crippen LogP contribution is -2.22. The second kappa shape index (κ2) is 6.74. The molecule has 110 valence electrons. The van der Waals surface area contributed by atoms with Gasteiger partial charge in [0, 0.05) is 18.0 Å². The summed E-state index contributed by atoms with van der Waals surface area (Å²) in [7, 11) is 1.59. The van der Waals surface area contributed by atoms with Crippen molar-refractivity contribution in [3.8, 4) is 5.88 Å². The summed E-state index contributed by atoms with van der Waals surface area (Å²) in [5, 5.41) is 3.09. The second-order valence-electron chi connectivity index (χ2n) is 4.83. The van der Waals surface area contributed by atoms with Gasteiger partial charge in [-0.1, -0.05) is 12.1 Å². The average molecular weight is 284 g/mol. The molecule has 1 aromatic carbocycles. The van der Waals surface area contributed by atoms with Crippen LogP contribution in [0.3, 0.4) is 0 Å². The van der Waals surface area contributed by atoms with Crippen LogP contribution in [0, 0.1) is 13.8 Å². The number of hydrogen-bond donors (Lipinski definition) is 2. The monoisotopic (exact) mass is 284 g/mol. The lowest BCUT2D eigenvalue weighted by atomic mass is 10.1. The molecule has 0 unspecified atom stereocenters. The first kappa shape index (κ1) is 14.8. The number of aromatic nitrogens is 1. The van der Waals surface area contributed by atoms with Crippen molar-refractivity contribution in [3.63, 3.8) is 0 Å². The molecule has 0 atom stereocenters. The van der Waals surface area contributed by atoms with Gasteiger partial charge in [-0.05, 0) is 42.7 Å². The summed E-state index contributed by atoms with van der Waals surface area (Å²) >= 11 is 0. The second-order valence-corrected chi connectivity index (χ2v) is 4.83. The first-order valence-corrected chi connectivity index (χ1v) is 6.71. The molecule has 2 rings (SSSR count). The van der Waals surface area contributed by atoms with Gasteiger partial charge >= 0.3 is 0 Å². The van der Waals surface area contributed by atoms with E-state index < -0.39 is 0 Å². The van der Waals surface area contributed by atoms with E-state index in [9.17, 15) is 0 Å². The molecule has 0 bridgehead atoms. The Bertz CT molecular complexity index is 635. The van der Waals surface area contributed by atoms with Crippen LogP contribution in [0.2, 0.25) is 0 Å². The highest BCUT2D eigenvalue weighted by Crippen LogP contribution is 2.14. The van der Waals surface area contributed by atoms with Gasteiger partial charge in [0.2, 0.25) is 5.88 Å². The topological polar surface area (TPSA) is 72.5 Å². The molecule has 0 aliphatic heterocycles. The van der Waals surface area contributed by atoms with Gasteiger partial charge in [0.25, 0.3) is 0 Å². The van der Waals surface area contributed by atoms with Crippen LogP contribution in [-0.4, -0.2) is 18.1 Å². The molecule has 0 aliphatic rings. The number of aryl methyl sites for hydroxylation is 2. The molecular formula is C16H20N4O. The van der Waals surface area contributed by atoms with E-state index in [2.05, 4.69) is 35.2 Å². The molecule has 0 saturated carbocycles. The van der Waals surface area contributed by atoms with Crippen molar-refractivity contribution in [2.75, 3.05) is 12.4 Å². The van der Waals surface area contributed by atoms with E-state index in [1.54, 1.807) is 19.4 Å². The summed E-state index contributed by atoms with van der Waals surface area (Å²) in [5.74, 6) is 0.970. The fourth-order valence-corrected chi connectivity index (χ4v) is 1.81. The Labute approximate surface area is 124 Å². The number of benzene rings is 1. The summed E-state index contributed by atoms with van der Waals surface area (Å²) in [5.41, 5.74) is 10.3. The van der Waals surface area contributed by atoms with Crippen LogP contribution in [-0.2, 0) is 6.54 Å². The third-order valence-corrected chi connectivity index (χ3v) is 3.22. The van der Waals surface area contributed by atoms with Crippen molar-refractivity contribution < 1.29 is 4.74 Å². The lowest BCUT2D eigenvalue weighted by molar-refractivity contribution is 0.397. The maximum atomic E-state index is 5.89. The Balaban J connectivity index is 1.98. The van der Waals surface area contributed by atoms with Gasteiger partial charge in [0.05, 0.1) is 13.7 Å². The third-order valence-electron chi connectivity index (χ3n) is 3.22. The minimum atomic E-state index is 0.383. The Morgan fingerprint density at radius 2 is 2.05 bits per heavy atom. The molecule has 0 spiro atoms. The van der Waals surface area contributed by atoms with E-state index in [-0.39, 0.29) is 0 Å². The van der Waals surface area contributed by atoms with Crippen LogP contribution in [0.5, 0.6) is 5.88 Å². The van der Waals surface area contributed by atoms with E-state index >= 15 is 0 Å². The van der Waals surface area contributed by atoms with Crippen molar-refractivity contribution >= 4 is 11.6 Å². The van der Waals surface area contributed by atoms with Gasteiger partial charge in [-0.3, -0.25) is 0 Å². The normalized spacial score (nSPS) is 11.3. The van der Waals surface area contributed by atoms with Crippen molar-refractivity contribution in [3.05, 3.63) is 53.2 Å². The van der Waals surface area contributed by atoms with Gasteiger partial charge in [0.1, 0.15) is 0 Å². The van der Waals surface area contributed by atoms with Gasteiger partial charge in [-0.25, -0.2) is 9.98 Å². The smallest absolute Gasteiger partial charge is 0.212 e. The van der Waals surface area contributed by atoms with Crippen LogP contribution < -0.4 is 15.8 Å². The van der Waals surface area contributed by atoms with E-state index in [4.69, 9.17) is 10.5 Å². The molecular weight excluding hydrogens is 264 g/mol. The van der Waals surface area contributed by atoms with Gasteiger partial charge in [0.15, 0.2) is 5.96 Å². The number of nitrogens with two attached hydrogens (primary N) is 1. The number of hydrogen-bond acceptors (Lipinski definition) is 3. The predicted octanol–water partition coefficient (Wildman–Crippen LogP) is 2.63. The fourth-order valence-electron chi connectivity index (χ4n) is 1.81. The Kier molecular flexibility index (Phi) is 4.77. The highest BCUT2D eigenvalue weighted by Gasteiger charge is 1.99. The predicted molar refractivity (Wildman–Crippen MR) is 85.7 cm³/mol. The minimum absolute atomic E-state index is 0.383. The van der Waals surface area contributed by atoms with E-state index in [0.717, 1.165) is 11.3 Å². The van der Waals surface area contributed by atoms with Gasteiger partial charge in [-0.2, -0.15) is 0 Å². The highest BCUT2D eigenvalue weighted by molar-refractivity contribution is 5.92. The molecule has 0 radical (unpaired) electrons. The molecule has 0 fully saturated rings. The molecule has 5 nitrogen and oxygen atoms in total. The zero-order valence-electron chi connectivity index (χ0n) is 12.6. The zero-order chi connectivity index (χ0) is 15.2. The lowest BCUT2D eigenvalue weighted by Gasteiger charge is -2.08. The number of pyridine rings is 1.